The number of aliphatic imine (C=N–C) groups is 1. The molecule has 6 heteroatoms. The molecule has 0 radical (unpaired) electrons. The number of phenols is 1. The van der Waals surface area contributed by atoms with Crippen LogP contribution in [0.2, 0.25) is 10.0 Å². The van der Waals surface area contributed by atoms with E-state index in [-0.39, 0.29) is 5.75 Å². The molecule has 0 fully saturated rings. The van der Waals surface area contributed by atoms with Gasteiger partial charge in [0.25, 0.3) is 0 Å². The smallest absolute Gasteiger partial charge is 0.231 e. The van der Waals surface area contributed by atoms with Crippen molar-refractivity contribution in [2.75, 3.05) is 0 Å². The van der Waals surface area contributed by atoms with Crippen LogP contribution in [0.3, 0.4) is 0 Å². The number of oxazole rings is 1. The van der Waals surface area contributed by atoms with E-state index in [1.165, 1.54) is 0 Å². The van der Waals surface area contributed by atoms with Gasteiger partial charge in [0, 0.05) is 6.21 Å². The van der Waals surface area contributed by atoms with Gasteiger partial charge in [0.05, 0.1) is 21.3 Å². The molecule has 4 rings (SSSR count). The molecule has 0 unspecified atom stereocenters. The number of hydrogen-bond donors (Lipinski definition) is 1. The Kier molecular flexibility index (Phi) is 4.60. The number of rotatable bonds is 3. The third kappa shape index (κ3) is 3.54. The highest BCUT2D eigenvalue weighted by Crippen LogP contribution is 2.34. The van der Waals surface area contributed by atoms with E-state index in [1.807, 2.05) is 31.2 Å². The second kappa shape index (κ2) is 7.06. The lowest BCUT2D eigenvalue weighted by molar-refractivity contribution is 0.474. The molecule has 0 amide bonds. The summed E-state index contributed by atoms with van der Waals surface area (Å²) in [7, 11) is 0. The van der Waals surface area contributed by atoms with E-state index < -0.39 is 0 Å². The first-order valence-electron chi connectivity index (χ1n) is 8.20. The summed E-state index contributed by atoms with van der Waals surface area (Å²) < 4.78 is 5.81. The van der Waals surface area contributed by atoms with Crippen LogP contribution in [0.1, 0.15) is 11.1 Å². The lowest BCUT2D eigenvalue weighted by Crippen LogP contribution is -1.82. The van der Waals surface area contributed by atoms with Crippen LogP contribution in [0.15, 0.2) is 64.0 Å². The van der Waals surface area contributed by atoms with Gasteiger partial charge < -0.3 is 9.52 Å². The van der Waals surface area contributed by atoms with E-state index in [4.69, 9.17) is 27.6 Å². The van der Waals surface area contributed by atoms with Crippen molar-refractivity contribution in [3.63, 3.8) is 0 Å². The number of fused-ring (bicyclic) bond motifs is 1. The van der Waals surface area contributed by atoms with Gasteiger partial charge in [-0.15, -0.1) is 0 Å². The summed E-state index contributed by atoms with van der Waals surface area (Å²) in [6, 6.07) is 16.0. The van der Waals surface area contributed by atoms with Gasteiger partial charge in [0.15, 0.2) is 5.58 Å². The van der Waals surface area contributed by atoms with Crippen LogP contribution in [-0.4, -0.2) is 16.3 Å². The van der Waals surface area contributed by atoms with Crippen LogP contribution in [0.4, 0.5) is 5.69 Å². The average Bonchev–Trinajstić information content (AvgIpc) is 3.09. The number of aryl methyl sites for hydroxylation is 1. The molecule has 1 heterocycles. The highest BCUT2D eigenvalue weighted by atomic mass is 35.5. The summed E-state index contributed by atoms with van der Waals surface area (Å²) in [5, 5.41) is 11.2. The number of phenolic OH excluding ortho intramolecular Hbond substituents is 1. The lowest BCUT2D eigenvalue weighted by atomic mass is 10.1. The molecule has 0 atom stereocenters. The SMILES string of the molecule is Cc1cccc2oc(-c3cc(N=Cc4ccc(Cl)c(Cl)c4)ccc3O)nc12. The lowest BCUT2D eigenvalue weighted by Gasteiger charge is -2.02. The van der Waals surface area contributed by atoms with Crippen LogP contribution < -0.4 is 0 Å². The number of halogens is 2. The summed E-state index contributed by atoms with van der Waals surface area (Å²) in [4.78, 5) is 8.95. The fourth-order valence-corrected chi connectivity index (χ4v) is 3.03. The predicted molar refractivity (Wildman–Crippen MR) is 110 cm³/mol. The van der Waals surface area contributed by atoms with Crippen LogP contribution in [0.5, 0.6) is 5.75 Å². The van der Waals surface area contributed by atoms with Crippen molar-refractivity contribution in [1.29, 1.82) is 0 Å². The second-order valence-corrected chi connectivity index (χ2v) is 6.89. The minimum atomic E-state index is 0.0766. The number of aromatic hydroxyl groups is 1. The molecular formula is C21H14Cl2N2O2. The molecule has 0 saturated heterocycles. The Hall–Kier alpha value is -2.82. The summed E-state index contributed by atoms with van der Waals surface area (Å²) >= 11 is 12.0. The maximum absolute atomic E-state index is 10.3. The predicted octanol–water partition coefficient (Wildman–Crippen LogP) is 6.57. The van der Waals surface area contributed by atoms with Gasteiger partial charge in [-0.05, 0) is 54.4 Å². The Morgan fingerprint density at radius 3 is 2.67 bits per heavy atom. The largest absolute Gasteiger partial charge is 0.507 e. The third-order valence-electron chi connectivity index (χ3n) is 4.14. The maximum atomic E-state index is 10.3. The van der Waals surface area contributed by atoms with Crippen LogP contribution >= 0.6 is 23.2 Å². The zero-order chi connectivity index (χ0) is 19.0. The topological polar surface area (TPSA) is 58.6 Å². The van der Waals surface area contributed by atoms with Crippen molar-refractivity contribution >= 4 is 46.2 Å². The fraction of sp³-hybridized carbons (Fsp3) is 0.0476. The van der Waals surface area contributed by atoms with Gasteiger partial charge in [-0.2, -0.15) is 0 Å². The van der Waals surface area contributed by atoms with E-state index in [0.717, 1.165) is 16.6 Å². The summed E-state index contributed by atoms with van der Waals surface area (Å²) in [5.74, 6) is 0.427. The second-order valence-electron chi connectivity index (χ2n) is 6.07. The van der Waals surface area contributed by atoms with Crippen molar-refractivity contribution in [3.05, 3.63) is 75.8 Å². The van der Waals surface area contributed by atoms with Crippen LogP contribution in [0, 0.1) is 6.92 Å². The number of para-hydroxylation sites is 1. The molecule has 134 valence electrons. The van der Waals surface area contributed by atoms with E-state index in [9.17, 15) is 5.11 Å². The Morgan fingerprint density at radius 1 is 1.04 bits per heavy atom. The third-order valence-corrected chi connectivity index (χ3v) is 4.88. The van der Waals surface area contributed by atoms with Gasteiger partial charge in [-0.1, -0.05) is 41.4 Å². The number of nitrogens with zero attached hydrogens (tertiary/aromatic N) is 2. The van der Waals surface area contributed by atoms with E-state index in [1.54, 1.807) is 36.5 Å². The van der Waals surface area contributed by atoms with Gasteiger partial charge in [0.1, 0.15) is 11.3 Å². The van der Waals surface area contributed by atoms with E-state index in [0.29, 0.717) is 32.8 Å². The fourth-order valence-electron chi connectivity index (χ4n) is 2.72. The average molecular weight is 397 g/mol. The molecule has 3 aromatic carbocycles. The molecule has 1 aromatic heterocycles. The molecule has 4 nitrogen and oxygen atoms in total. The molecule has 0 aliphatic carbocycles. The molecule has 4 aromatic rings. The first-order valence-corrected chi connectivity index (χ1v) is 8.95. The highest BCUT2D eigenvalue weighted by molar-refractivity contribution is 6.42. The van der Waals surface area contributed by atoms with Crippen molar-refractivity contribution in [2.45, 2.75) is 6.92 Å². The van der Waals surface area contributed by atoms with Gasteiger partial charge in [-0.25, -0.2) is 4.98 Å². The standard InChI is InChI=1S/C21H14Cl2N2O2/c1-12-3-2-4-19-20(12)25-21(27-19)15-10-14(6-8-18(15)26)24-11-13-5-7-16(22)17(23)9-13/h2-11,26H,1H3. The molecule has 0 aliphatic heterocycles. The number of benzene rings is 3. The monoisotopic (exact) mass is 396 g/mol. The van der Waals surface area contributed by atoms with Crippen LogP contribution in [0.25, 0.3) is 22.6 Å². The maximum Gasteiger partial charge on any atom is 0.231 e. The minimum absolute atomic E-state index is 0.0766. The molecular weight excluding hydrogens is 383 g/mol. The Labute approximate surface area is 165 Å². The molecule has 0 bridgehead atoms. The first kappa shape index (κ1) is 17.6. The molecule has 0 spiro atoms. The van der Waals surface area contributed by atoms with E-state index >= 15 is 0 Å². The van der Waals surface area contributed by atoms with Crippen LogP contribution in [-0.2, 0) is 0 Å². The van der Waals surface area contributed by atoms with Gasteiger partial charge in [-0.3, -0.25) is 4.99 Å². The van der Waals surface area contributed by atoms with Crippen molar-refractivity contribution in [1.82, 2.24) is 4.98 Å². The van der Waals surface area contributed by atoms with Gasteiger partial charge in [0.2, 0.25) is 5.89 Å². The normalized spacial score (nSPS) is 11.5. The zero-order valence-electron chi connectivity index (χ0n) is 14.3. The molecule has 27 heavy (non-hydrogen) atoms. The summed E-state index contributed by atoms with van der Waals surface area (Å²) in [5.41, 5.74) is 4.40. The Morgan fingerprint density at radius 2 is 1.89 bits per heavy atom. The summed E-state index contributed by atoms with van der Waals surface area (Å²) in [6.07, 6.45) is 1.68. The highest BCUT2D eigenvalue weighted by Gasteiger charge is 2.14. The number of hydrogen-bond acceptors (Lipinski definition) is 4. The van der Waals surface area contributed by atoms with E-state index in [2.05, 4.69) is 9.98 Å². The number of aromatic nitrogens is 1. The summed E-state index contributed by atoms with van der Waals surface area (Å²) in [6.45, 7) is 1.96. The molecule has 1 N–H and O–H groups in total. The quantitative estimate of drug-likeness (QED) is 0.398. The molecule has 0 saturated carbocycles. The molecule has 0 aliphatic rings. The van der Waals surface area contributed by atoms with Crippen molar-refractivity contribution < 1.29 is 9.52 Å². The zero-order valence-corrected chi connectivity index (χ0v) is 15.8. The van der Waals surface area contributed by atoms with Gasteiger partial charge >= 0.3 is 0 Å². The minimum Gasteiger partial charge on any atom is -0.507 e. The first-order chi connectivity index (χ1) is 13.0. The van der Waals surface area contributed by atoms with Crippen molar-refractivity contribution in [2.24, 2.45) is 4.99 Å². The van der Waals surface area contributed by atoms with Crippen molar-refractivity contribution in [3.8, 4) is 17.2 Å². The Bertz CT molecular complexity index is 1180. The Balaban J connectivity index is 1.71.